The molecule has 3 aromatic rings. The molecule has 0 saturated carbocycles. The lowest BCUT2D eigenvalue weighted by molar-refractivity contribution is -0.120. The van der Waals surface area contributed by atoms with Crippen LogP contribution in [0.15, 0.2) is 47.3 Å². The monoisotopic (exact) mass is 424 g/mol. The molecule has 31 heavy (non-hydrogen) atoms. The van der Waals surface area contributed by atoms with Crippen molar-refractivity contribution in [2.45, 2.75) is 19.9 Å². The molecule has 2 aromatic carbocycles. The van der Waals surface area contributed by atoms with Gasteiger partial charge in [0.25, 0.3) is 11.5 Å². The Morgan fingerprint density at radius 1 is 1.06 bits per heavy atom. The van der Waals surface area contributed by atoms with Crippen LogP contribution in [0, 0.1) is 0 Å². The molecule has 0 radical (unpaired) electrons. The molecule has 162 valence electrons. The number of ether oxygens (including phenoxy) is 2. The average Bonchev–Trinajstić information content (AvgIpc) is 2.77. The Morgan fingerprint density at radius 2 is 1.77 bits per heavy atom. The van der Waals surface area contributed by atoms with Gasteiger partial charge in [0.1, 0.15) is 17.2 Å². The van der Waals surface area contributed by atoms with Crippen LogP contribution in [0.5, 0.6) is 11.5 Å². The molecule has 9 heteroatoms. The largest absolute Gasteiger partial charge is 0.497 e. The molecule has 0 bridgehead atoms. The van der Waals surface area contributed by atoms with Crippen LogP contribution in [-0.4, -0.2) is 48.4 Å². The van der Waals surface area contributed by atoms with Gasteiger partial charge in [-0.2, -0.15) is 9.78 Å². The fourth-order valence-electron chi connectivity index (χ4n) is 3.10. The number of hydrogen-bond donors (Lipinski definition) is 2. The SMILES string of the molecule is COc1ccc(-n2nc(C(=O)NCC(=O)NC(C)C)c3ccccc3c2=O)c(OC)c1. The molecule has 0 saturated heterocycles. The predicted octanol–water partition coefficient (Wildman–Crippen LogP) is 1.66. The second-order valence-electron chi connectivity index (χ2n) is 7.05. The van der Waals surface area contributed by atoms with E-state index >= 15 is 0 Å². The first kappa shape index (κ1) is 21.8. The van der Waals surface area contributed by atoms with Crippen molar-refractivity contribution in [1.29, 1.82) is 0 Å². The van der Waals surface area contributed by atoms with Crippen LogP contribution in [0.1, 0.15) is 24.3 Å². The first-order chi connectivity index (χ1) is 14.8. The number of methoxy groups -OCH3 is 2. The third kappa shape index (κ3) is 4.66. The maximum Gasteiger partial charge on any atom is 0.279 e. The summed E-state index contributed by atoms with van der Waals surface area (Å²) in [5.41, 5.74) is -0.0377. The normalized spacial score (nSPS) is 10.7. The summed E-state index contributed by atoms with van der Waals surface area (Å²) < 4.78 is 11.7. The number of carbonyl (C=O) groups excluding carboxylic acids is 2. The molecule has 0 unspecified atom stereocenters. The van der Waals surface area contributed by atoms with Crippen LogP contribution in [0.4, 0.5) is 0 Å². The fourth-order valence-corrected chi connectivity index (χ4v) is 3.10. The van der Waals surface area contributed by atoms with E-state index in [1.165, 1.54) is 14.2 Å². The zero-order chi connectivity index (χ0) is 22.5. The van der Waals surface area contributed by atoms with Crippen molar-refractivity contribution in [2.75, 3.05) is 20.8 Å². The van der Waals surface area contributed by atoms with Gasteiger partial charge in [0.15, 0.2) is 5.69 Å². The Morgan fingerprint density at radius 3 is 2.42 bits per heavy atom. The van der Waals surface area contributed by atoms with Gasteiger partial charge in [-0.3, -0.25) is 14.4 Å². The van der Waals surface area contributed by atoms with Gasteiger partial charge >= 0.3 is 0 Å². The molecule has 2 N–H and O–H groups in total. The summed E-state index contributed by atoms with van der Waals surface area (Å²) in [7, 11) is 2.98. The summed E-state index contributed by atoms with van der Waals surface area (Å²) in [6.45, 7) is 3.44. The second kappa shape index (κ2) is 9.29. The van der Waals surface area contributed by atoms with Gasteiger partial charge in [-0.1, -0.05) is 18.2 Å². The Labute approximate surface area is 179 Å². The molecule has 1 aromatic heterocycles. The highest BCUT2D eigenvalue weighted by molar-refractivity contribution is 6.05. The minimum atomic E-state index is -0.573. The standard InChI is InChI=1S/C22H24N4O5/c1-13(2)24-19(27)12-23-21(28)20-15-7-5-6-8-16(15)22(29)26(25-20)17-10-9-14(30-3)11-18(17)31-4/h5-11,13H,12H2,1-4H3,(H,23,28)(H,24,27). The van der Waals surface area contributed by atoms with Gasteiger partial charge < -0.3 is 20.1 Å². The van der Waals surface area contributed by atoms with Crippen molar-refractivity contribution in [2.24, 2.45) is 0 Å². The Balaban J connectivity index is 2.09. The summed E-state index contributed by atoms with van der Waals surface area (Å²) >= 11 is 0. The Kier molecular flexibility index (Phi) is 6.54. The summed E-state index contributed by atoms with van der Waals surface area (Å²) in [5, 5.41) is 10.3. The molecule has 0 atom stereocenters. The van der Waals surface area contributed by atoms with Crippen LogP contribution in [-0.2, 0) is 4.79 Å². The predicted molar refractivity (Wildman–Crippen MR) is 116 cm³/mol. The number of aromatic nitrogens is 2. The lowest BCUT2D eigenvalue weighted by Gasteiger charge is -2.14. The molecular weight excluding hydrogens is 400 g/mol. The highest BCUT2D eigenvalue weighted by atomic mass is 16.5. The molecular formula is C22H24N4O5. The molecule has 0 aliphatic heterocycles. The molecule has 0 aliphatic carbocycles. The molecule has 9 nitrogen and oxygen atoms in total. The number of benzene rings is 2. The zero-order valence-electron chi connectivity index (χ0n) is 17.8. The maximum absolute atomic E-state index is 13.1. The van der Waals surface area contributed by atoms with E-state index in [4.69, 9.17) is 9.47 Å². The van der Waals surface area contributed by atoms with Gasteiger partial charge in [0.05, 0.1) is 26.2 Å². The summed E-state index contributed by atoms with van der Waals surface area (Å²) in [4.78, 5) is 37.9. The van der Waals surface area contributed by atoms with Crippen molar-refractivity contribution in [3.63, 3.8) is 0 Å². The highest BCUT2D eigenvalue weighted by Gasteiger charge is 2.20. The minimum Gasteiger partial charge on any atom is -0.497 e. The topological polar surface area (TPSA) is 112 Å². The van der Waals surface area contributed by atoms with E-state index in [0.717, 1.165) is 4.68 Å². The number of rotatable bonds is 7. The van der Waals surface area contributed by atoms with Gasteiger partial charge in [-0.05, 0) is 32.0 Å². The Bertz CT molecular complexity index is 1190. The number of nitrogens with one attached hydrogen (secondary N) is 2. The van der Waals surface area contributed by atoms with E-state index in [0.29, 0.717) is 28.0 Å². The Hall–Kier alpha value is -3.88. The summed E-state index contributed by atoms with van der Waals surface area (Å²) in [6, 6.07) is 11.5. The van der Waals surface area contributed by atoms with Crippen LogP contribution < -0.4 is 25.7 Å². The number of carbonyl (C=O) groups is 2. The van der Waals surface area contributed by atoms with E-state index in [1.54, 1.807) is 42.5 Å². The zero-order valence-corrected chi connectivity index (χ0v) is 17.8. The molecule has 1 heterocycles. The van der Waals surface area contributed by atoms with Crippen LogP contribution >= 0.6 is 0 Å². The lowest BCUT2D eigenvalue weighted by Crippen LogP contribution is -2.40. The van der Waals surface area contributed by atoms with Crippen LogP contribution in [0.3, 0.4) is 0 Å². The van der Waals surface area contributed by atoms with Crippen molar-refractivity contribution in [3.05, 3.63) is 58.5 Å². The van der Waals surface area contributed by atoms with E-state index in [2.05, 4.69) is 15.7 Å². The summed E-state index contributed by atoms with van der Waals surface area (Å²) in [5.74, 6) is 0.00426. The molecule has 3 rings (SSSR count). The second-order valence-corrected chi connectivity index (χ2v) is 7.05. The minimum absolute atomic E-state index is 0.0189. The van der Waals surface area contributed by atoms with E-state index in [9.17, 15) is 14.4 Å². The third-order valence-corrected chi connectivity index (χ3v) is 4.49. The number of amides is 2. The maximum atomic E-state index is 13.1. The number of fused-ring (bicyclic) bond motifs is 1. The molecule has 2 amide bonds. The summed E-state index contributed by atoms with van der Waals surface area (Å²) in [6.07, 6.45) is 0. The third-order valence-electron chi connectivity index (χ3n) is 4.49. The number of hydrogen-bond acceptors (Lipinski definition) is 6. The van der Waals surface area contributed by atoms with E-state index < -0.39 is 11.5 Å². The van der Waals surface area contributed by atoms with Crippen molar-refractivity contribution in [3.8, 4) is 17.2 Å². The van der Waals surface area contributed by atoms with E-state index in [-0.39, 0.29) is 24.2 Å². The van der Waals surface area contributed by atoms with Crippen LogP contribution in [0.25, 0.3) is 16.5 Å². The van der Waals surface area contributed by atoms with Crippen LogP contribution in [0.2, 0.25) is 0 Å². The van der Waals surface area contributed by atoms with Crippen molar-refractivity contribution >= 4 is 22.6 Å². The number of nitrogens with zero attached hydrogens (tertiary/aromatic N) is 2. The average molecular weight is 424 g/mol. The molecule has 0 spiro atoms. The van der Waals surface area contributed by atoms with Gasteiger partial charge in [-0.15, -0.1) is 0 Å². The molecule has 0 fully saturated rings. The fraction of sp³-hybridized carbons (Fsp3) is 0.273. The first-order valence-corrected chi connectivity index (χ1v) is 9.67. The van der Waals surface area contributed by atoms with Gasteiger partial charge in [0.2, 0.25) is 5.91 Å². The smallest absolute Gasteiger partial charge is 0.279 e. The van der Waals surface area contributed by atoms with Gasteiger partial charge in [-0.25, -0.2) is 0 Å². The lowest BCUT2D eigenvalue weighted by atomic mass is 10.1. The van der Waals surface area contributed by atoms with Crippen molar-refractivity contribution in [1.82, 2.24) is 20.4 Å². The first-order valence-electron chi connectivity index (χ1n) is 9.67. The van der Waals surface area contributed by atoms with Gasteiger partial charge in [0, 0.05) is 17.5 Å². The molecule has 0 aliphatic rings. The van der Waals surface area contributed by atoms with Crippen molar-refractivity contribution < 1.29 is 19.1 Å². The van der Waals surface area contributed by atoms with E-state index in [1.807, 2.05) is 13.8 Å². The quantitative estimate of drug-likeness (QED) is 0.597. The highest BCUT2D eigenvalue weighted by Crippen LogP contribution is 2.27.